The molecular weight excluding hydrogens is 375 g/mol. The number of nitrogens with one attached hydrogen (secondary N) is 1. The highest BCUT2D eigenvalue weighted by molar-refractivity contribution is 6.31. The number of carbonyl (C=O) groups is 1. The molecular formula is C16H19ClF3N3O3. The molecule has 1 heterocycles. The number of nitro groups is 1. The fourth-order valence-electron chi connectivity index (χ4n) is 2.97. The predicted octanol–water partition coefficient (Wildman–Crippen LogP) is 4.01. The summed E-state index contributed by atoms with van der Waals surface area (Å²) in [5, 5.41) is 13.5. The largest absolute Gasteiger partial charge is 0.418 e. The van der Waals surface area contributed by atoms with Crippen LogP contribution < -0.4 is 10.2 Å². The Labute approximate surface area is 153 Å². The smallest absolute Gasteiger partial charge is 0.365 e. The lowest BCUT2D eigenvalue weighted by Crippen LogP contribution is -2.43. The maximum atomic E-state index is 13.0. The van der Waals surface area contributed by atoms with Crippen LogP contribution in [0.25, 0.3) is 0 Å². The fourth-order valence-corrected chi connectivity index (χ4v) is 3.24. The molecule has 2 rings (SSSR count). The fraction of sp³-hybridized carbons (Fsp3) is 0.562. The zero-order chi connectivity index (χ0) is 19.5. The molecule has 1 aliphatic rings. The molecule has 1 atom stereocenters. The zero-order valence-electron chi connectivity index (χ0n) is 14.1. The van der Waals surface area contributed by atoms with Crippen molar-refractivity contribution in [2.45, 2.75) is 32.4 Å². The van der Waals surface area contributed by atoms with Gasteiger partial charge in [0.1, 0.15) is 5.69 Å². The predicted molar refractivity (Wildman–Crippen MR) is 91.3 cm³/mol. The summed E-state index contributed by atoms with van der Waals surface area (Å²) in [5.74, 6) is -0.534. The molecule has 1 N–H and O–H groups in total. The van der Waals surface area contributed by atoms with Crippen molar-refractivity contribution >= 4 is 28.9 Å². The summed E-state index contributed by atoms with van der Waals surface area (Å²) >= 11 is 5.73. The third kappa shape index (κ3) is 4.57. The van der Waals surface area contributed by atoms with E-state index in [0.29, 0.717) is 32.0 Å². The number of benzene rings is 1. The van der Waals surface area contributed by atoms with Crippen molar-refractivity contribution in [3.05, 3.63) is 32.8 Å². The van der Waals surface area contributed by atoms with E-state index in [1.807, 2.05) is 6.92 Å². The van der Waals surface area contributed by atoms with Crippen LogP contribution in [0.5, 0.6) is 0 Å². The second-order valence-corrected chi connectivity index (χ2v) is 6.56. The molecule has 0 spiro atoms. The van der Waals surface area contributed by atoms with Crippen LogP contribution in [0.2, 0.25) is 5.02 Å². The van der Waals surface area contributed by atoms with Crippen molar-refractivity contribution in [2.24, 2.45) is 5.92 Å². The van der Waals surface area contributed by atoms with Crippen LogP contribution in [0.15, 0.2) is 12.1 Å². The molecule has 0 aromatic heterocycles. The Morgan fingerprint density at radius 2 is 2.15 bits per heavy atom. The van der Waals surface area contributed by atoms with Crippen LogP contribution >= 0.6 is 11.6 Å². The van der Waals surface area contributed by atoms with Crippen molar-refractivity contribution in [2.75, 3.05) is 24.5 Å². The lowest BCUT2D eigenvalue weighted by molar-refractivity contribution is -0.384. The van der Waals surface area contributed by atoms with E-state index in [9.17, 15) is 28.1 Å². The first-order valence-corrected chi connectivity index (χ1v) is 8.60. The molecule has 144 valence electrons. The summed E-state index contributed by atoms with van der Waals surface area (Å²) in [6.45, 7) is 3.04. The van der Waals surface area contributed by atoms with Crippen LogP contribution in [-0.4, -0.2) is 30.5 Å². The number of hydrogen-bond acceptors (Lipinski definition) is 4. The van der Waals surface area contributed by atoms with Crippen molar-refractivity contribution in [3.8, 4) is 0 Å². The van der Waals surface area contributed by atoms with Gasteiger partial charge in [0.25, 0.3) is 5.69 Å². The van der Waals surface area contributed by atoms with E-state index in [1.165, 1.54) is 0 Å². The molecule has 26 heavy (non-hydrogen) atoms. The second kappa shape index (κ2) is 8.11. The normalized spacial score (nSPS) is 17.9. The summed E-state index contributed by atoms with van der Waals surface area (Å²) < 4.78 is 38.9. The number of piperidine rings is 1. The Morgan fingerprint density at radius 1 is 1.46 bits per heavy atom. The molecule has 0 radical (unpaired) electrons. The highest BCUT2D eigenvalue weighted by Gasteiger charge is 2.37. The van der Waals surface area contributed by atoms with Crippen molar-refractivity contribution in [1.29, 1.82) is 0 Å². The van der Waals surface area contributed by atoms with E-state index in [2.05, 4.69) is 5.32 Å². The maximum Gasteiger partial charge on any atom is 0.418 e. The number of hydrogen-bond donors (Lipinski definition) is 1. The number of halogens is 4. The van der Waals surface area contributed by atoms with Crippen molar-refractivity contribution in [3.63, 3.8) is 0 Å². The van der Waals surface area contributed by atoms with E-state index >= 15 is 0 Å². The number of rotatable bonds is 5. The topological polar surface area (TPSA) is 75.5 Å². The third-order valence-corrected chi connectivity index (χ3v) is 4.56. The van der Waals surface area contributed by atoms with Crippen molar-refractivity contribution in [1.82, 2.24) is 5.32 Å². The van der Waals surface area contributed by atoms with Crippen LogP contribution in [0.1, 0.15) is 31.7 Å². The highest BCUT2D eigenvalue weighted by atomic mass is 35.5. The molecule has 0 bridgehead atoms. The number of anilines is 1. The van der Waals surface area contributed by atoms with Gasteiger partial charge in [0.05, 0.1) is 21.4 Å². The Bertz CT molecular complexity index is 697. The van der Waals surface area contributed by atoms with Crippen LogP contribution in [0, 0.1) is 16.0 Å². The van der Waals surface area contributed by atoms with Gasteiger partial charge in [-0.3, -0.25) is 14.9 Å². The van der Waals surface area contributed by atoms with E-state index in [-0.39, 0.29) is 24.1 Å². The van der Waals surface area contributed by atoms with Gasteiger partial charge in [-0.2, -0.15) is 13.2 Å². The molecule has 6 nitrogen and oxygen atoms in total. The minimum absolute atomic E-state index is 0.000918. The van der Waals surface area contributed by atoms with Gasteiger partial charge in [-0.25, -0.2) is 0 Å². The first-order chi connectivity index (χ1) is 12.1. The van der Waals surface area contributed by atoms with Gasteiger partial charge in [-0.15, -0.1) is 0 Å². The lowest BCUT2D eigenvalue weighted by atomic mass is 9.96. The van der Waals surface area contributed by atoms with Gasteiger partial charge in [0.15, 0.2) is 0 Å². The molecule has 0 aliphatic carbocycles. The molecule has 1 saturated heterocycles. The number of amides is 1. The lowest BCUT2D eigenvalue weighted by Gasteiger charge is -2.33. The maximum absolute atomic E-state index is 13.0. The molecule has 1 fully saturated rings. The van der Waals surface area contributed by atoms with E-state index in [1.54, 1.807) is 4.90 Å². The number of carbonyl (C=O) groups excluding carboxylic acids is 1. The number of nitro benzene ring substituents is 1. The Kier molecular flexibility index (Phi) is 6.33. The summed E-state index contributed by atoms with van der Waals surface area (Å²) in [6.07, 6.45) is -2.79. The average Bonchev–Trinajstić information content (AvgIpc) is 2.58. The van der Waals surface area contributed by atoms with Gasteiger partial charge in [-0.05, 0) is 25.3 Å². The van der Waals surface area contributed by atoms with Crippen LogP contribution in [0.3, 0.4) is 0 Å². The van der Waals surface area contributed by atoms with Gasteiger partial charge >= 0.3 is 6.18 Å². The number of alkyl halides is 3. The van der Waals surface area contributed by atoms with E-state index < -0.39 is 27.4 Å². The first kappa shape index (κ1) is 20.3. The molecule has 1 aromatic rings. The Balaban J connectivity index is 2.33. The SMILES string of the molecule is CCCNC(=O)C1CCCN(c2cc(Cl)c(C(F)(F)F)cc2[N+](=O)[O-])C1. The zero-order valence-corrected chi connectivity index (χ0v) is 14.9. The first-order valence-electron chi connectivity index (χ1n) is 8.23. The standard InChI is InChI=1S/C16H19ClF3N3O3/c1-2-5-21-15(24)10-4-3-6-22(9-10)13-8-12(17)11(16(18,19)20)7-14(13)23(25)26/h7-8,10H,2-6,9H2,1H3,(H,21,24). The summed E-state index contributed by atoms with van der Waals surface area (Å²) in [6, 6.07) is 1.42. The van der Waals surface area contributed by atoms with Gasteiger partial charge in [0, 0.05) is 25.7 Å². The second-order valence-electron chi connectivity index (χ2n) is 6.15. The summed E-state index contributed by atoms with van der Waals surface area (Å²) in [7, 11) is 0. The van der Waals surface area contributed by atoms with Gasteiger partial charge < -0.3 is 10.2 Å². The third-order valence-electron chi connectivity index (χ3n) is 4.25. The molecule has 1 unspecified atom stereocenters. The molecule has 1 aliphatic heterocycles. The number of nitrogens with zero attached hydrogens (tertiary/aromatic N) is 2. The minimum atomic E-state index is -4.79. The van der Waals surface area contributed by atoms with Gasteiger partial charge in [-0.1, -0.05) is 18.5 Å². The molecule has 0 saturated carbocycles. The van der Waals surface area contributed by atoms with Gasteiger partial charge in [0.2, 0.25) is 5.91 Å². The van der Waals surface area contributed by atoms with Crippen LogP contribution in [0.4, 0.5) is 24.5 Å². The summed E-state index contributed by atoms with van der Waals surface area (Å²) in [5.41, 5.74) is -1.92. The monoisotopic (exact) mass is 393 g/mol. The Morgan fingerprint density at radius 3 is 2.73 bits per heavy atom. The highest BCUT2D eigenvalue weighted by Crippen LogP contribution is 2.42. The molecule has 1 aromatic carbocycles. The van der Waals surface area contributed by atoms with Crippen molar-refractivity contribution < 1.29 is 22.9 Å². The molecule has 10 heteroatoms. The molecule has 1 amide bonds. The average molecular weight is 394 g/mol. The van der Waals surface area contributed by atoms with E-state index in [4.69, 9.17) is 11.6 Å². The summed E-state index contributed by atoms with van der Waals surface area (Å²) in [4.78, 5) is 24.2. The quantitative estimate of drug-likeness (QED) is 0.605. The van der Waals surface area contributed by atoms with Crippen LogP contribution in [-0.2, 0) is 11.0 Å². The Hall–Kier alpha value is -2.03. The van der Waals surface area contributed by atoms with E-state index in [0.717, 1.165) is 12.5 Å². The minimum Gasteiger partial charge on any atom is -0.365 e.